The monoisotopic (exact) mass is 522 g/mol. The fourth-order valence-electron chi connectivity index (χ4n) is 4.27. The molecule has 37 heavy (non-hydrogen) atoms. The van der Waals surface area contributed by atoms with Gasteiger partial charge in [-0.25, -0.2) is 8.42 Å². The summed E-state index contributed by atoms with van der Waals surface area (Å²) in [7, 11) is -3.92. The first-order chi connectivity index (χ1) is 17.4. The van der Waals surface area contributed by atoms with E-state index in [4.69, 9.17) is 9.47 Å². The SMILES string of the molecule is Cc1cc(C)cc(OCCNC(=O)[C@H]2CN(S(=O)(=O)c3ccccc3)c3cc(C(C)(C)C)ccc3O2)c1. The van der Waals surface area contributed by atoms with Crippen LogP contribution in [0.3, 0.4) is 0 Å². The van der Waals surface area contributed by atoms with Crippen molar-refractivity contribution in [2.75, 3.05) is 24.0 Å². The molecule has 0 unspecified atom stereocenters. The average Bonchev–Trinajstić information content (AvgIpc) is 2.85. The van der Waals surface area contributed by atoms with Crippen LogP contribution in [-0.4, -0.2) is 40.1 Å². The predicted molar refractivity (Wildman–Crippen MR) is 145 cm³/mol. The number of hydrogen-bond acceptors (Lipinski definition) is 5. The van der Waals surface area contributed by atoms with Gasteiger partial charge in [0, 0.05) is 0 Å². The van der Waals surface area contributed by atoms with Crippen LogP contribution in [0, 0.1) is 13.8 Å². The van der Waals surface area contributed by atoms with E-state index >= 15 is 0 Å². The molecule has 1 heterocycles. The summed E-state index contributed by atoms with van der Waals surface area (Å²) in [6.45, 7) is 10.6. The minimum Gasteiger partial charge on any atom is -0.492 e. The molecule has 1 atom stereocenters. The topological polar surface area (TPSA) is 84.9 Å². The summed E-state index contributed by atoms with van der Waals surface area (Å²) in [4.78, 5) is 13.2. The highest BCUT2D eigenvalue weighted by Gasteiger charge is 2.38. The zero-order valence-electron chi connectivity index (χ0n) is 21.9. The van der Waals surface area contributed by atoms with Crippen LogP contribution in [0.2, 0.25) is 0 Å². The van der Waals surface area contributed by atoms with E-state index in [1.165, 1.54) is 4.31 Å². The van der Waals surface area contributed by atoms with Crippen molar-refractivity contribution in [3.05, 3.63) is 83.4 Å². The Kier molecular flexibility index (Phi) is 7.50. The summed E-state index contributed by atoms with van der Waals surface area (Å²) in [5.74, 6) is 0.692. The lowest BCUT2D eigenvalue weighted by Gasteiger charge is -2.36. The Labute approximate surface area is 219 Å². The summed E-state index contributed by atoms with van der Waals surface area (Å²) in [5.41, 5.74) is 3.40. The standard InChI is InChI=1S/C29H34N2O5S/c1-20-15-21(2)17-23(16-20)35-14-13-30-28(32)27-19-31(37(33,34)24-9-7-6-8-10-24)25-18-22(29(3,4)5)11-12-26(25)36-27/h6-12,15-18,27H,13-14,19H2,1-5H3,(H,30,32)/t27-/m1/s1. The third kappa shape index (κ3) is 6.07. The molecular weight excluding hydrogens is 488 g/mol. The number of sulfonamides is 1. The summed E-state index contributed by atoms with van der Waals surface area (Å²) < 4.78 is 40.4. The van der Waals surface area contributed by atoms with Gasteiger partial charge < -0.3 is 14.8 Å². The van der Waals surface area contributed by atoms with Gasteiger partial charge in [0.25, 0.3) is 15.9 Å². The molecule has 0 saturated carbocycles. The molecule has 1 amide bonds. The molecule has 4 rings (SSSR count). The quantitative estimate of drug-likeness (QED) is 0.453. The van der Waals surface area contributed by atoms with Crippen molar-refractivity contribution in [3.8, 4) is 11.5 Å². The lowest BCUT2D eigenvalue weighted by molar-refractivity contribution is -0.127. The summed E-state index contributed by atoms with van der Waals surface area (Å²) in [6, 6.07) is 19.7. The largest absolute Gasteiger partial charge is 0.492 e. The second kappa shape index (κ2) is 10.5. The highest BCUT2D eigenvalue weighted by atomic mass is 32.2. The van der Waals surface area contributed by atoms with Gasteiger partial charge in [-0.2, -0.15) is 0 Å². The number of anilines is 1. The van der Waals surface area contributed by atoms with Gasteiger partial charge in [0.05, 0.1) is 23.7 Å². The lowest BCUT2D eigenvalue weighted by Crippen LogP contribution is -2.51. The molecule has 1 aliphatic heterocycles. The number of nitrogens with zero attached hydrogens (tertiary/aromatic N) is 1. The van der Waals surface area contributed by atoms with Crippen LogP contribution in [0.25, 0.3) is 0 Å². The van der Waals surface area contributed by atoms with Gasteiger partial charge in [0.1, 0.15) is 18.1 Å². The van der Waals surface area contributed by atoms with Gasteiger partial charge in [0.2, 0.25) is 0 Å². The number of ether oxygens (including phenoxy) is 2. The van der Waals surface area contributed by atoms with Crippen molar-refractivity contribution in [3.63, 3.8) is 0 Å². The Morgan fingerprint density at radius 2 is 1.70 bits per heavy atom. The number of carbonyl (C=O) groups excluding carboxylic acids is 1. The zero-order chi connectivity index (χ0) is 26.8. The fourth-order valence-corrected chi connectivity index (χ4v) is 5.76. The molecule has 0 fully saturated rings. The Balaban J connectivity index is 1.53. The maximum absolute atomic E-state index is 13.7. The summed E-state index contributed by atoms with van der Waals surface area (Å²) >= 11 is 0. The van der Waals surface area contributed by atoms with E-state index < -0.39 is 22.0 Å². The molecule has 3 aromatic carbocycles. The van der Waals surface area contributed by atoms with Gasteiger partial charge >= 0.3 is 0 Å². The average molecular weight is 523 g/mol. The maximum Gasteiger partial charge on any atom is 0.264 e. The second-order valence-corrected chi connectivity index (χ2v) is 12.2. The predicted octanol–water partition coefficient (Wildman–Crippen LogP) is 4.75. The van der Waals surface area contributed by atoms with Gasteiger partial charge in [-0.05, 0) is 72.4 Å². The van der Waals surface area contributed by atoms with E-state index in [1.807, 2.05) is 38.1 Å². The van der Waals surface area contributed by atoms with E-state index in [-0.39, 0.29) is 30.0 Å². The van der Waals surface area contributed by atoms with E-state index in [2.05, 4.69) is 32.2 Å². The molecule has 0 saturated heterocycles. The highest BCUT2D eigenvalue weighted by Crippen LogP contribution is 2.40. The van der Waals surface area contributed by atoms with E-state index in [9.17, 15) is 13.2 Å². The summed E-state index contributed by atoms with van der Waals surface area (Å²) in [6.07, 6.45) is -1.01. The van der Waals surface area contributed by atoms with Crippen LogP contribution in [0.15, 0.2) is 71.6 Å². The highest BCUT2D eigenvalue weighted by molar-refractivity contribution is 7.92. The number of aryl methyl sites for hydroxylation is 2. The van der Waals surface area contributed by atoms with Crippen molar-refractivity contribution in [1.82, 2.24) is 5.32 Å². The molecule has 1 N–H and O–H groups in total. The van der Waals surface area contributed by atoms with Crippen LogP contribution in [0.4, 0.5) is 5.69 Å². The molecule has 0 bridgehead atoms. The molecule has 3 aromatic rings. The normalized spacial score (nSPS) is 15.5. The second-order valence-electron chi connectivity index (χ2n) is 10.4. The number of nitrogens with one attached hydrogen (secondary N) is 1. The van der Waals surface area contributed by atoms with Crippen molar-refractivity contribution >= 4 is 21.6 Å². The third-order valence-electron chi connectivity index (χ3n) is 6.18. The van der Waals surface area contributed by atoms with Crippen LogP contribution in [0.1, 0.15) is 37.5 Å². The van der Waals surface area contributed by atoms with Crippen LogP contribution in [0.5, 0.6) is 11.5 Å². The van der Waals surface area contributed by atoms with Gasteiger partial charge in [-0.1, -0.05) is 51.1 Å². The molecular formula is C29H34N2O5S. The first-order valence-corrected chi connectivity index (χ1v) is 13.8. The number of amides is 1. The van der Waals surface area contributed by atoms with Crippen LogP contribution in [-0.2, 0) is 20.2 Å². The minimum absolute atomic E-state index is 0.137. The van der Waals surface area contributed by atoms with E-state index in [1.54, 1.807) is 36.4 Å². The Bertz CT molecular complexity index is 1360. The Morgan fingerprint density at radius 1 is 1.03 bits per heavy atom. The van der Waals surface area contributed by atoms with Crippen LogP contribution < -0.4 is 19.1 Å². The van der Waals surface area contributed by atoms with Crippen molar-refractivity contribution < 1.29 is 22.7 Å². The Morgan fingerprint density at radius 3 is 2.35 bits per heavy atom. The first-order valence-electron chi connectivity index (χ1n) is 12.3. The number of carbonyl (C=O) groups is 1. The zero-order valence-corrected chi connectivity index (χ0v) is 22.8. The molecule has 1 aliphatic rings. The van der Waals surface area contributed by atoms with Gasteiger partial charge in [-0.3, -0.25) is 9.10 Å². The number of fused-ring (bicyclic) bond motifs is 1. The van der Waals surface area contributed by atoms with Gasteiger partial charge in [0.15, 0.2) is 6.10 Å². The first kappa shape index (κ1) is 26.5. The fraction of sp³-hybridized carbons (Fsp3) is 0.345. The molecule has 0 aliphatic carbocycles. The number of rotatable bonds is 7. The third-order valence-corrected chi connectivity index (χ3v) is 7.98. The van der Waals surface area contributed by atoms with E-state index in [0.717, 1.165) is 22.4 Å². The van der Waals surface area contributed by atoms with Crippen LogP contribution >= 0.6 is 0 Å². The smallest absolute Gasteiger partial charge is 0.264 e. The van der Waals surface area contributed by atoms with Crippen molar-refractivity contribution in [2.24, 2.45) is 0 Å². The molecule has 0 spiro atoms. The number of hydrogen-bond donors (Lipinski definition) is 1. The maximum atomic E-state index is 13.7. The number of benzene rings is 3. The van der Waals surface area contributed by atoms with Gasteiger partial charge in [-0.15, -0.1) is 0 Å². The van der Waals surface area contributed by atoms with Crippen molar-refractivity contribution in [2.45, 2.75) is 51.0 Å². The minimum atomic E-state index is -3.92. The molecule has 7 nitrogen and oxygen atoms in total. The lowest BCUT2D eigenvalue weighted by atomic mass is 9.86. The summed E-state index contributed by atoms with van der Waals surface area (Å²) in [5, 5.41) is 2.82. The van der Waals surface area contributed by atoms with Crippen molar-refractivity contribution in [1.29, 1.82) is 0 Å². The molecule has 0 radical (unpaired) electrons. The van der Waals surface area contributed by atoms with E-state index in [0.29, 0.717) is 11.4 Å². The Hall–Kier alpha value is -3.52. The molecule has 0 aromatic heterocycles. The molecule has 8 heteroatoms. The molecule has 196 valence electrons.